The fourth-order valence-electron chi connectivity index (χ4n) is 5.03. The van der Waals surface area contributed by atoms with Crippen LogP contribution in [0.15, 0.2) is 132 Å². The summed E-state index contributed by atoms with van der Waals surface area (Å²) in [7, 11) is 0. The number of aryl methyl sites for hydroxylation is 1. The smallest absolute Gasteiger partial charge is 0.324 e. The summed E-state index contributed by atoms with van der Waals surface area (Å²) >= 11 is 0. The Labute approximate surface area is 255 Å². The van der Waals surface area contributed by atoms with E-state index in [2.05, 4.69) is 49.9 Å². The van der Waals surface area contributed by atoms with Crippen molar-refractivity contribution in [1.82, 2.24) is 15.3 Å². The van der Waals surface area contributed by atoms with Crippen molar-refractivity contribution < 1.29 is 9.21 Å². The molecule has 0 spiro atoms. The Bertz CT molecular complexity index is 1900. The van der Waals surface area contributed by atoms with Gasteiger partial charge in [0, 0.05) is 29.0 Å². The van der Waals surface area contributed by atoms with Gasteiger partial charge in [-0.25, -0.2) is 14.8 Å². The maximum Gasteiger partial charge on any atom is 0.324 e. The minimum absolute atomic E-state index is 0.373. The lowest BCUT2D eigenvalue weighted by Crippen LogP contribution is -2.30. The number of nitrogens with zero attached hydrogens (tertiary/aromatic N) is 2. The van der Waals surface area contributed by atoms with Crippen molar-refractivity contribution in [2.75, 3.05) is 22.5 Å². The van der Waals surface area contributed by atoms with Crippen LogP contribution in [0.5, 0.6) is 0 Å². The second kappa shape index (κ2) is 13.0. The molecule has 0 fully saturated rings. The molecule has 0 aliphatic carbocycles. The van der Waals surface area contributed by atoms with E-state index in [1.54, 1.807) is 0 Å². The van der Waals surface area contributed by atoms with Gasteiger partial charge in [0.2, 0.25) is 5.71 Å². The molecule has 4 aromatic carbocycles. The first-order chi connectivity index (χ1) is 21.5. The Balaban J connectivity index is 1.11. The quantitative estimate of drug-likeness (QED) is 0.130. The van der Waals surface area contributed by atoms with Gasteiger partial charge in [0.1, 0.15) is 23.7 Å². The van der Waals surface area contributed by atoms with Gasteiger partial charge in [-0.05, 0) is 48.2 Å². The number of nitrogens with one attached hydrogen (secondary N) is 4. The number of urea groups is 1. The first-order valence-corrected chi connectivity index (χ1v) is 14.4. The molecule has 0 bridgehead atoms. The number of carbonyl (C=O) groups excluding carboxylic acids is 1. The summed E-state index contributed by atoms with van der Waals surface area (Å²) in [5, 5.41) is 13.0. The maximum absolute atomic E-state index is 12.5. The highest BCUT2D eigenvalue weighted by Crippen LogP contribution is 2.42. The third-order valence-electron chi connectivity index (χ3n) is 7.20. The van der Waals surface area contributed by atoms with Crippen molar-refractivity contribution in [2.24, 2.45) is 0 Å². The monoisotopic (exact) mass is 580 g/mol. The number of amides is 2. The number of benzene rings is 4. The van der Waals surface area contributed by atoms with Gasteiger partial charge in [-0.3, -0.25) is 5.32 Å². The van der Waals surface area contributed by atoms with Crippen LogP contribution < -0.4 is 21.3 Å². The van der Waals surface area contributed by atoms with Crippen LogP contribution in [-0.2, 0) is 6.42 Å². The molecule has 0 atom stereocenters. The van der Waals surface area contributed by atoms with E-state index >= 15 is 0 Å². The molecule has 44 heavy (non-hydrogen) atoms. The Morgan fingerprint density at radius 3 is 2.20 bits per heavy atom. The van der Waals surface area contributed by atoms with Gasteiger partial charge in [-0.1, -0.05) is 97.6 Å². The van der Waals surface area contributed by atoms with Crippen LogP contribution in [0.1, 0.15) is 11.1 Å². The third kappa shape index (κ3) is 6.44. The SMILES string of the molecule is C=C(NC(=O)Nc1ccc(CCNc2ncnc3oc(-c4ccccc4)c(-c4ccccc4)c23)cc1)Nc1ccccc1C. The van der Waals surface area contributed by atoms with E-state index in [0.717, 1.165) is 51.1 Å². The molecular weight excluding hydrogens is 548 g/mol. The predicted molar refractivity (Wildman–Crippen MR) is 177 cm³/mol. The lowest BCUT2D eigenvalue weighted by Gasteiger charge is -2.14. The summed E-state index contributed by atoms with van der Waals surface area (Å²) in [6.45, 7) is 6.53. The molecule has 2 aromatic heterocycles. The van der Waals surface area contributed by atoms with Crippen molar-refractivity contribution in [3.63, 3.8) is 0 Å². The number of aromatic nitrogens is 2. The molecule has 218 valence electrons. The van der Waals surface area contributed by atoms with E-state index in [4.69, 9.17) is 4.42 Å². The Hall–Kier alpha value is -5.89. The summed E-state index contributed by atoms with van der Waals surface area (Å²) < 4.78 is 6.31. The van der Waals surface area contributed by atoms with E-state index in [1.807, 2.05) is 104 Å². The number of hydrogen-bond acceptors (Lipinski definition) is 6. The van der Waals surface area contributed by atoms with Crippen LogP contribution in [0, 0.1) is 6.92 Å². The lowest BCUT2D eigenvalue weighted by atomic mass is 9.99. The standard InChI is InChI=1S/C36H32N6O2/c1-24-11-9-10-16-30(24)40-25(2)41-36(43)42-29-19-17-26(18-20-29)21-22-37-34-32-31(27-12-5-3-6-13-27)33(28-14-7-4-8-15-28)44-35(32)39-23-38-34/h3-20,23,40H,2,21-22H2,1H3,(H,37,38,39)(H2,41,42,43). The number of fused-ring (bicyclic) bond motifs is 1. The molecule has 8 heteroatoms. The Kier molecular flexibility index (Phi) is 8.32. The molecule has 0 unspecified atom stereocenters. The number of carbonyl (C=O) groups is 1. The van der Waals surface area contributed by atoms with Crippen LogP contribution in [-0.4, -0.2) is 22.5 Å². The maximum atomic E-state index is 12.5. The highest BCUT2D eigenvalue weighted by molar-refractivity contribution is 6.05. The van der Waals surface area contributed by atoms with Gasteiger partial charge in [-0.2, -0.15) is 0 Å². The number of furan rings is 1. The second-order valence-electron chi connectivity index (χ2n) is 10.3. The number of hydrogen-bond donors (Lipinski definition) is 4. The van der Waals surface area contributed by atoms with Crippen molar-refractivity contribution in [3.8, 4) is 22.5 Å². The highest BCUT2D eigenvalue weighted by atomic mass is 16.3. The van der Waals surface area contributed by atoms with Crippen molar-refractivity contribution in [1.29, 1.82) is 0 Å². The molecule has 6 aromatic rings. The molecule has 0 aliphatic heterocycles. The van der Waals surface area contributed by atoms with E-state index in [9.17, 15) is 4.79 Å². The molecule has 6 rings (SSSR count). The molecule has 2 amide bonds. The third-order valence-corrected chi connectivity index (χ3v) is 7.20. The van der Waals surface area contributed by atoms with Crippen LogP contribution in [0.4, 0.5) is 22.0 Å². The fraction of sp³-hybridized carbons (Fsp3) is 0.0833. The van der Waals surface area contributed by atoms with Gasteiger partial charge in [-0.15, -0.1) is 0 Å². The zero-order valence-corrected chi connectivity index (χ0v) is 24.3. The van der Waals surface area contributed by atoms with Crippen molar-refractivity contribution >= 4 is 34.3 Å². The van der Waals surface area contributed by atoms with Crippen LogP contribution in [0.25, 0.3) is 33.6 Å². The summed E-state index contributed by atoms with van der Waals surface area (Å²) in [6.07, 6.45) is 2.27. The molecule has 2 heterocycles. The highest BCUT2D eigenvalue weighted by Gasteiger charge is 2.21. The van der Waals surface area contributed by atoms with Gasteiger partial charge >= 0.3 is 6.03 Å². The van der Waals surface area contributed by atoms with Gasteiger partial charge < -0.3 is 20.4 Å². The van der Waals surface area contributed by atoms with Crippen LogP contribution in [0.3, 0.4) is 0 Å². The minimum atomic E-state index is -0.373. The molecule has 8 nitrogen and oxygen atoms in total. The molecular formula is C36H32N6O2. The van der Waals surface area contributed by atoms with Gasteiger partial charge in [0.15, 0.2) is 0 Å². The first-order valence-electron chi connectivity index (χ1n) is 14.4. The Morgan fingerprint density at radius 1 is 0.795 bits per heavy atom. The number of anilines is 3. The average Bonchev–Trinajstić information content (AvgIpc) is 3.44. The lowest BCUT2D eigenvalue weighted by molar-refractivity contribution is 0.254. The molecule has 4 N–H and O–H groups in total. The summed E-state index contributed by atoms with van der Waals surface area (Å²) in [5.74, 6) is 1.87. The average molecular weight is 581 g/mol. The summed E-state index contributed by atoms with van der Waals surface area (Å²) in [5.41, 5.74) is 7.24. The fourth-order valence-corrected chi connectivity index (χ4v) is 5.03. The van der Waals surface area contributed by atoms with Crippen LogP contribution in [0.2, 0.25) is 0 Å². The summed E-state index contributed by atoms with van der Waals surface area (Å²) in [6, 6.07) is 35.4. The first kappa shape index (κ1) is 28.2. The van der Waals surface area contributed by atoms with Crippen LogP contribution >= 0.6 is 0 Å². The number of rotatable bonds is 10. The van der Waals surface area contributed by atoms with E-state index < -0.39 is 0 Å². The predicted octanol–water partition coefficient (Wildman–Crippen LogP) is 8.22. The topological polar surface area (TPSA) is 104 Å². The van der Waals surface area contributed by atoms with Gasteiger partial charge in [0.05, 0.1) is 5.39 Å². The Morgan fingerprint density at radius 2 is 1.48 bits per heavy atom. The number of para-hydroxylation sites is 1. The minimum Gasteiger partial charge on any atom is -0.437 e. The van der Waals surface area contributed by atoms with Crippen molar-refractivity contribution in [2.45, 2.75) is 13.3 Å². The summed E-state index contributed by atoms with van der Waals surface area (Å²) in [4.78, 5) is 21.5. The van der Waals surface area contributed by atoms with Gasteiger partial charge in [0.25, 0.3) is 0 Å². The molecule has 0 aliphatic rings. The van der Waals surface area contributed by atoms with E-state index in [1.165, 1.54) is 6.33 Å². The zero-order valence-electron chi connectivity index (χ0n) is 24.3. The molecule has 0 saturated carbocycles. The largest absolute Gasteiger partial charge is 0.437 e. The second-order valence-corrected chi connectivity index (χ2v) is 10.3. The molecule has 0 radical (unpaired) electrons. The van der Waals surface area contributed by atoms with E-state index in [-0.39, 0.29) is 6.03 Å². The van der Waals surface area contributed by atoms with E-state index in [0.29, 0.717) is 29.6 Å². The van der Waals surface area contributed by atoms with Crippen molar-refractivity contribution in [3.05, 3.63) is 139 Å². The molecule has 0 saturated heterocycles. The normalized spacial score (nSPS) is 10.8. The zero-order chi connectivity index (χ0) is 30.3.